The van der Waals surface area contributed by atoms with Crippen molar-refractivity contribution in [3.05, 3.63) is 116 Å². The van der Waals surface area contributed by atoms with Crippen molar-refractivity contribution in [1.29, 1.82) is 0 Å². The van der Waals surface area contributed by atoms with E-state index in [1.165, 1.54) is 50.7 Å². The number of halogens is 8. The Balaban J connectivity index is 0.000000251. The van der Waals surface area contributed by atoms with Crippen molar-refractivity contribution >= 4 is 81.2 Å². The van der Waals surface area contributed by atoms with Crippen LogP contribution in [0.25, 0.3) is 0 Å². The number of alkyl halides is 8. The molecule has 0 aliphatic carbocycles. The summed E-state index contributed by atoms with van der Waals surface area (Å²) in [6.07, 6.45) is -0.788. The second kappa shape index (κ2) is 39.4. The summed E-state index contributed by atoms with van der Waals surface area (Å²) in [5.74, 6) is -23.8. The third-order valence-electron chi connectivity index (χ3n) is 13.5. The van der Waals surface area contributed by atoms with Gasteiger partial charge in [0.05, 0.1) is 33.0 Å². The maximum absolute atomic E-state index is 13.8. The van der Waals surface area contributed by atoms with Gasteiger partial charge in [-0.1, -0.05) is 39.5 Å². The van der Waals surface area contributed by atoms with Crippen molar-refractivity contribution in [3.63, 3.8) is 0 Å². The molecule has 35 heteroatoms. The molecule has 4 aromatic heterocycles. The van der Waals surface area contributed by atoms with E-state index >= 15 is 0 Å². The van der Waals surface area contributed by atoms with E-state index in [-0.39, 0.29) is 76.9 Å². The zero-order valence-corrected chi connectivity index (χ0v) is 59.7. The number of ether oxygens (including phenoxy) is 17. The Morgan fingerprint density at radius 2 is 0.706 bits per heavy atom. The quantitative estimate of drug-likeness (QED) is 0.0141. The molecule has 0 spiro atoms. The van der Waals surface area contributed by atoms with Gasteiger partial charge in [-0.05, 0) is 41.5 Å². The van der Waals surface area contributed by atoms with E-state index in [2.05, 4.69) is 48.9 Å². The Morgan fingerprint density at radius 1 is 0.392 bits per heavy atom. The van der Waals surface area contributed by atoms with Crippen LogP contribution in [0.2, 0.25) is 0 Å². The van der Waals surface area contributed by atoms with Crippen LogP contribution in [0.5, 0.6) is 46.0 Å². The molecule has 4 atom stereocenters. The number of carbonyl (C=O) groups excluding carboxylic acids is 6. The zero-order valence-electron chi connectivity index (χ0n) is 56.4. The Morgan fingerprint density at radius 3 is 1.09 bits per heavy atom. The standard InChI is InChI=1S/C22H30O8S.C17H16F8O5S.C17H20O6S.C11H12O4S/c1-15(2)21(23)27-9-5-7-25-11-17-18(30-20-14-31-13-19(20)29-17)12-26-8-6-10-28-22(24)16(3)4;1-9(2)13(26)29-8-15(20,21)17(24,25)16(22,23)14(18,19)7-27-3-10-4-28-11-5-31-6-12(11)30-10;1-11(2)15(18)22-9-17(10-23-16(19)12(3)4)7-20-13-5-24-6-14(13)21-8-17;1-7(2)11(12)14-4-8-3-13-9-5-16-6-10(9)15-8/h13-14,17-18H,1,3,5-12H2,2,4H3;5-6,10H,1,3-4,7-8H2,2H3;5-6H,1,3,7-10H2,2,4H3;5-6,8H,1,3-4H2,2H3. The highest BCUT2D eigenvalue weighted by Crippen LogP contribution is 2.53. The highest BCUT2D eigenvalue weighted by molar-refractivity contribution is 7.09. The van der Waals surface area contributed by atoms with Crippen LogP contribution in [0.1, 0.15) is 54.4 Å². The van der Waals surface area contributed by atoms with E-state index in [9.17, 15) is 63.9 Å². The van der Waals surface area contributed by atoms with E-state index in [1.54, 1.807) is 40.0 Å². The van der Waals surface area contributed by atoms with Gasteiger partial charge in [0.15, 0.2) is 77.0 Å². The van der Waals surface area contributed by atoms with E-state index in [4.69, 9.17) is 71.1 Å². The Hall–Kier alpha value is -8.22. The minimum Gasteiger partial charge on any atom is -0.488 e. The van der Waals surface area contributed by atoms with Gasteiger partial charge >= 0.3 is 59.5 Å². The molecular formula is C67H78F8O23S4. The fraction of sp³-hybridized carbons (Fsp3) is 0.493. The number of rotatable bonds is 33. The van der Waals surface area contributed by atoms with Crippen LogP contribution in [0.4, 0.5) is 35.1 Å². The molecular weight excluding hydrogens is 1450 g/mol. The van der Waals surface area contributed by atoms with Crippen LogP contribution in [0.3, 0.4) is 0 Å². The zero-order chi connectivity index (χ0) is 75.6. The molecule has 0 saturated carbocycles. The lowest BCUT2D eigenvalue weighted by molar-refractivity contribution is -0.375. The molecule has 102 heavy (non-hydrogen) atoms. The molecule has 4 unspecified atom stereocenters. The predicted molar refractivity (Wildman–Crippen MR) is 355 cm³/mol. The second-order valence-corrected chi connectivity index (χ2v) is 26.1. The van der Waals surface area contributed by atoms with Crippen molar-refractivity contribution in [3.8, 4) is 46.0 Å². The molecule has 0 aromatic carbocycles. The average Bonchev–Trinajstić information content (AvgIpc) is 0.993. The second-order valence-electron chi connectivity index (χ2n) is 23.1. The summed E-state index contributed by atoms with van der Waals surface area (Å²) < 4.78 is 200. The van der Waals surface area contributed by atoms with Gasteiger partial charge in [-0.3, -0.25) is 0 Å². The van der Waals surface area contributed by atoms with Gasteiger partial charge in [0.1, 0.15) is 58.3 Å². The largest absolute Gasteiger partial charge is 0.488 e. The fourth-order valence-corrected chi connectivity index (χ4v) is 10.5. The Bertz CT molecular complexity index is 3430. The molecule has 8 rings (SSSR count). The molecule has 0 fully saturated rings. The summed E-state index contributed by atoms with van der Waals surface area (Å²) in [4.78, 5) is 68.3. The SMILES string of the molecule is C=C(C)C(=O)OCC(F)(F)C(F)(F)C(F)(F)C(F)(F)COCC1COc2cscc2O1.C=C(C)C(=O)OCC1(COC(=O)C(=C)C)COc2cscc2OC1.C=C(C)C(=O)OCC1COc2cscc2O1.C=C(C)C(=O)OCCCOCC1Oc2cscc2OC1COCCCOC(=O)C(=C)C. The van der Waals surface area contributed by atoms with E-state index in [1.807, 2.05) is 32.3 Å². The summed E-state index contributed by atoms with van der Waals surface area (Å²) in [7, 11) is 0. The number of carbonyl (C=O) groups is 6. The van der Waals surface area contributed by atoms with Gasteiger partial charge in [0, 0.05) is 103 Å². The minimum atomic E-state index is -6.59. The normalized spacial score (nSPS) is 16.8. The molecule has 4 aliphatic heterocycles. The van der Waals surface area contributed by atoms with Gasteiger partial charge in [-0.15, -0.1) is 45.3 Å². The van der Waals surface area contributed by atoms with Gasteiger partial charge in [0.25, 0.3) is 0 Å². The van der Waals surface area contributed by atoms with Crippen LogP contribution in [0.15, 0.2) is 116 Å². The first-order chi connectivity index (χ1) is 48.0. The molecule has 564 valence electrons. The maximum Gasteiger partial charge on any atom is 0.381 e. The van der Waals surface area contributed by atoms with Crippen LogP contribution < -0.4 is 37.9 Å². The Kier molecular flexibility index (Phi) is 32.6. The van der Waals surface area contributed by atoms with Gasteiger partial charge < -0.3 is 80.5 Å². The smallest absolute Gasteiger partial charge is 0.381 e. The third kappa shape index (κ3) is 25.3. The lowest BCUT2D eigenvalue weighted by Crippen LogP contribution is -2.64. The number of esters is 6. The van der Waals surface area contributed by atoms with E-state index < -0.39 is 96.4 Å². The van der Waals surface area contributed by atoms with Gasteiger partial charge in [-0.2, -0.15) is 35.1 Å². The highest BCUT2D eigenvalue weighted by Gasteiger charge is 2.80. The van der Waals surface area contributed by atoms with E-state index in [0.717, 1.165) is 12.7 Å². The summed E-state index contributed by atoms with van der Waals surface area (Å²) in [6.45, 7) is 26.6. The summed E-state index contributed by atoms with van der Waals surface area (Å²) in [5.41, 5.74) is 0.402. The van der Waals surface area contributed by atoms with Crippen molar-refractivity contribution in [1.82, 2.24) is 0 Å². The molecule has 23 nitrogen and oxygen atoms in total. The molecule has 8 heterocycles. The first kappa shape index (κ1) is 84.4. The summed E-state index contributed by atoms with van der Waals surface area (Å²) >= 11 is 5.68. The van der Waals surface area contributed by atoms with Crippen LogP contribution in [-0.4, -0.2) is 190 Å². The average molecular weight is 1530 g/mol. The topological polar surface area (TPSA) is 259 Å². The van der Waals surface area contributed by atoms with Crippen molar-refractivity contribution in [2.24, 2.45) is 5.41 Å². The molecule has 4 aromatic rings. The lowest BCUT2D eigenvalue weighted by Gasteiger charge is -2.36. The van der Waals surface area contributed by atoms with Crippen LogP contribution in [0, 0.1) is 5.41 Å². The lowest BCUT2D eigenvalue weighted by atomic mass is 9.92. The first-order valence-electron chi connectivity index (χ1n) is 30.6. The number of hydrogen-bond donors (Lipinski definition) is 0. The number of fused-ring (bicyclic) bond motifs is 4. The number of thiophene rings is 4. The van der Waals surface area contributed by atoms with Crippen molar-refractivity contribution in [2.75, 3.05) is 106 Å². The highest BCUT2D eigenvalue weighted by atomic mass is 32.1. The summed E-state index contributed by atoms with van der Waals surface area (Å²) in [6, 6.07) is 0. The maximum atomic E-state index is 13.8. The van der Waals surface area contributed by atoms with Crippen LogP contribution >= 0.6 is 45.3 Å². The van der Waals surface area contributed by atoms with Gasteiger partial charge in [0.2, 0.25) is 0 Å². The molecule has 0 saturated heterocycles. The first-order valence-corrected chi connectivity index (χ1v) is 34.4. The molecule has 0 amide bonds. The monoisotopic (exact) mass is 1530 g/mol. The fourth-order valence-electron chi connectivity index (χ4n) is 7.80. The van der Waals surface area contributed by atoms with E-state index in [0.29, 0.717) is 108 Å². The molecule has 0 N–H and O–H groups in total. The number of hydrogen-bond acceptors (Lipinski definition) is 27. The molecule has 0 radical (unpaired) electrons. The molecule has 0 bridgehead atoms. The Labute approximate surface area is 598 Å². The molecule has 4 aliphatic rings. The summed E-state index contributed by atoms with van der Waals surface area (Å²) in [5, 5.41) is 14.2. The predicted octanol–water partition coefficient (Wildman–Crippen LogP) is 12.6. The third-order valence-corrected chi connectivity index (χ3v) is 16.3. The van der Waals surface area contributed by atoms with Crippen molar-refractivity contribution in [2.45, 2.75) is 102 Å². The van der Waals surface area contributed by atoms with Gasteiger partial charge in [-0.25, -0.2) is 28.8 Å². The van der Waals surface area contributed by atoms with Crippen LogP contribution in [-0.2, 0) is 71.4 Å². The van der Waals surface area contributed by atoms with Crippen molar-refractivity contribution < 1.29 is 144 Å². The minimum absolute atomic E-state index is 0.0180.